The number of pyridine rings is 1. The minimum Gasteiger partial charge on any atom is -0.497 e. The molecule has 0 radical (unpaired) electrons. The van der Waals surface area contributed by atoms with E-state index < -0.39 is 0 Å². The molecule has 4 heterocycles. The number of hydrogen-bond acceptors (Lipinski definition) is 8. The molecule has 2 aromatic carbocycles. The lowest BCUT2D eigenvalue weighted by Gasteiger charge is -2.34. The van der Waals surface area contributed by atoms with Crippen molar-refractivity contribution >= 4 is 16.6 Å². The second kappa shape index (κ2) is 8.99. The van der Waals surface area contributed by atoms with Gasteiger partial charge in [0.15, 0.2) is 11.5 Å². The van der Waals surface area contributed by atoms with Crippen molar-refractivity contribution in [1.29, 1.82) is 0 Å². The van der Waals surface area contributed by atoms with Gasteiger partial charge in [0, 0.05) is 17.0 Å². The van der Waals surface area contributed by atoms with Crippen molar-refractivity contribution in [1.82, 2.24) is 45.1 Å². The van der Waals surface area contributed by atoms with E-state index >= 15 is 0 Å². The summed E-state index contributed by atoms with van der Waals surface area (Å²) in [5.41, 5.74) is 3.36. The van der Waals surface area contributed by atoms with Gasteiger partial charge in [0.2, 0.25) is 0 Å². The van der Waals surface area contributed by atoms with E-state index in [9.17, 15) is 4.39 Å². The summed E-state index contributed by atoms with van der Waals surface area (Å²) in [6, 6.07) is 14.1. The zero-order chi connectivity index (χ0) is 23.8. The third-order valence-corrected chi connectivity index (χ3v) is 6.60. The van der Waals surface area contributed by atoms with E-state index in [2.05, 4.69) is 42.0 Å². The molecule has 6 rings (SSSR count). The third kappa shape index (κ3) is 3.97. The number of methoxy groups -OCH3 is 1. The average molecular weight is 474 g/mol. The van der Waals surface area contributed by atoms with Crippen LogP contribution in [-0.4, -0.2) is 65.3 Å². The third-order valence-electron chi connectivity index (χ3n) is 6.60. The van der Waals surface area contributed by atoms with Crippen molar-refractivity contribution in [3.63, 3.8) is 0 Å². The number of hydrogen-bond donors (Lipinski definition) is 0. The highest BCUT2D eigenvalue weighted by atomic mass is 19.1. The standard InChI is InChI=1S/C24H24FN9O/c1-35-19-10-7-17-13-20(23-26-29-31-34(23)21(17)14-19)22(32-11-3-2-4-12-32)24-27-28-30-33(24)15-16-5-8-18(25)9-6-16/h5-10,13-14,22H,2-4,11-12,15H2,1H3. The first kappa shape index (κ1) is 21.5. The van der Waals surface area contributed by atoms with Gasteiger partial charge in [0.05, 0.1) is 19.2 Å². The van der Waals surface area contributed by atoms with Crippen LogP contribution in [0.3, 0.4) is 0 Å². The van der Waals surface area contributed by atoms with Gasteiger partial charge in [0.1, 0.15) is 17.6 Å². The van der Waals surface area contributed by atoms with Crippen molar-refractivity contribution in [3.8, 4) is 5.75 Å². The Morgan fingerprint density at radius 3 is 2.54 bits per heavy atom. The molecule has 0 aliphatic carbocycles. The van der Waals surface area contributed by atoms with Gasteiger partial charge in [-0.25, -0.2) is 9.07 Å². The number of rotatable bonds is 6. The summed E-state index contributed by atoms with van der Waals surface area (Å²) in [5.74, 6) is 1.17. The Bertz CT molecular complexity index is 1470. The summed E-state index contributed by atoms with van der Waals surface area (Å²) < 4.78 is 22.4. The number of benzene rings is 2. The SMILES string of the molecule is COc1ccc2cc(C(c3nnnn3Cc3ccc(F)cc3)N3CCCCC3)c3nnnn3c2c1. The second-order valence-corrected chi connectivity index (χ2v) is 8.76. The van der Waals surface area contributed by atoms with E-state index in [-0.39, 0.29) is 11.9 Å². The second-order valence-electron chi connectivity index (χ2n) is 8.76. The Balaban J connectivity index is 1.51. The summed E-state index contributed by atoms with van der Waals surface area (Å²) >= 11 is 0. The van der Waals surface area contributed by atoms with Crippen LogP contribution in [0.15, 0.2) is 48.5 Å². The summed E-state index contributed by atoms with van der Waals surface area (Å²) in [6.07, 6.45) is 3.40. The van der Waals surface area contributed by atoms with E-state index in [1.54, 1.807) is 28.4 Å². The molecule has 35 heavy (non-hydrogen) atoms. The van der Waals surface area contributed by atoms with Crippen LogP contribution in [-0.2, 0) is 6.54 Å². The van der Waals surface area contributed by atoms with Crippen molar-refractivity contribution in [2.45, 2.75) is 31.8 Å². The predicted molar refractivity (Wildman–Crippen MR) is 125 cm³/mol. The van der Waals surface area contributed by atoms with E-state index in [1.807, 2.05) is 18.2 Å². The van der Waals surface area contributed by atoms with Crippen LogP contribution in [0.2, 0.25) is 0 Å². The largest absolute Gasteiger partial charge is 0.497 e. The lowest BCUT2D eigenvalue weighted by Crippen LogP contribution is -2.36. The Hall–Kier alpha value is -3.99. The highest BCUT2D eigenvalue weighted by molar-refractivity contribution is 5.84. The van der Waals surface area contributed by atoms with E-state index in [0.717, 1.165) is 53.7 Å². The van der Waals surface area contributed by atoms with Gasteiger partial charge in [-0.3, -0.25) is 4.90 Å². The van der Waals surface area contributed by atoms with E-state index in [0.29, 0.717) is 18.0 Å². The maximum absolute atomic E-state index is 13.4. The molecule has 0 bridgehead atoms. The van der Waals surface area contributed by atoms with Crippen LogP contribution in [0, 0.1) is 5.82 Å². The highest BCUT2D eigenvalue weighted by Crippen LogP contribution is 2.34. The molecule has 1 aliphatic rings. The van der Waals surface area contributed by atoms with Gasteiger partial charge in [-0.1, -0.05) is 18.6 Å². The lowest BCUT2D eigenvalue weighted by atomic mass is 10.00. The molecule has 0 amide bonds. The molecule has 1 unspecified atom stereocenters. The first-order valence-corrected chi connectivity index (χ1v) is 11.6. The average Bonchev–Trinajstić information content (AvgIpc) is 3.57. The number of nitrogens with zero attached hydrogens (tertiary/aromatic N) is 9. The number of ether oxygens (including phenoxy) is 1. The smallest absolute Gasteiger partial charge is 0.185 e. The van der Waals surface area contributed by atoms with Crippen LogP contribution >= 0.6 is 0 Å². The molecule has 11 heteroatoms. The minimum atomic E-state index is -0.272. The van der Waals surface area contributed by atoms with Crippen molar-refractivity contribution in [3.05, 3.63) is 71.3 Å². The van der Waals surface area contributed by atoms with Gasteiger partial charge in [-0.2, -0.15) is 4.52 Å². The fourth-order valence-corrected chi connectivity index (χ4v) is 4.88. The van der Waals surface area contributed by atoms with Crippen LogP contribution < -0.4 is 4.74 Å². The quantitative estimate of drug-likeness (QED) is 0.371. The number of aromatic nitrogens is 8. The molecule has 3 aromatic heterocycles. The van der Waals surface area contributed by atoms with Crippen molar-refractivity contribution in [2.75, 3.05) is 20.2 Å². The maximum Gasteiger partial charge on any atom is 0.185 e. The van der Waals surface area contributed by atoms with Crippen LogP contribution in [0.5, 0.6) is 5.75 Å². The van der Waals surface area contributed by atoms with E-state index in [4.69, 9.17) is 4.74 Å². The summed E-state index contributed by atoms with van der Waals surface area (Å²) in [5, 5.41) is 26.4. The molecule has 1 saturated heterocycles. The van der Waals surface area contributed by atoms with Crippen LogP contribution in [0.4, 0.5) is 4.39 Å². The number of likely N-dealkylation sites (tertiary alicyclic amines) is 1. The highest BCUT2D eigenvalue weighted by Gasteiger charge is 2.32. The first-order valence-electron chi connectivity index (χ1n) is 11.6. The number of fused-ring (bicyclic) bond motifs is 3. The van der Waals surface area contributed by atoms with Crippen molar-refractivity contribution < 1.29 is 9.13 Å². The molecule has 178 valence electrons. The Morgan fingerprint density at radius 1 is 0.943 bits per heavy atom. The molecular formula is C24H24FN9O. The van der Waals surface area contributed by atoms with Crippen LogP contribution in [0.1, 0.15) is 42.3 Å². The van der Waals surface area contributed by atoms with Gasteiger partial charge >= 0.3 is 0 Å². The van der Waals surface area contributed by atoms with E-state index in [1.165, 1.54) is 18.6 Å². The molecule has 0 N–H and O–H groups in total. The lowest BCUT2D eigenvalue weighted by molar-refractivity contribution is 0.178. The molecule has 1 atom stereocenters. The Kier molecular flexibility index (Phi) is 5.53. The number of piperidine rings is 1. The minimum absolute atomic E-state index is 0.245. The topological polar surface area (TPSA) is 99.2 Å². The maximum atomic E-state index is 13.4. The molecule has 1 aliphatic heterocycles. The normalized spacial score (nSPS) is 15.6. The predicted octanol–water partition coefficient (Wildman–Crippen LogP) is 3.04. The molecule has 0 spiro atoms. The summed E-state index contributed by atoms with van der Waals surface area (Å²) in [4.78, 5) is 2.40. The number of tetrazole rings is 2. The first-order chi connectivity index (χ1) is 17.2. The molecule has 5 aromatic rings. The number of halogens is 1. The van der Waals surface area contributed by atoms with Gasteiger partial charge in [-0.05, 0) is 82.7 Å². The Labute approximate surface area is 200 Å². The Morgan fingerprint density at radius 2 is 1.74 bits per heavy atom. The van der Waals surface area contributed by atoms with Gasteiger partial charge in [-0.15, -0.1) is 10.2 Å². The molecule has 1 fully saturated rings. The summed E-state index contributed by atoms with van der Waals surface area (Å²) in [6.45, 7) is 2.27. The molecule has 10 nitrogen and oxygen atoms in total. The fourth-order valence-electron chi connectivity index (χ4n) is 4.88. The fraction of sp³-hybridized carbons (Fsp3) is 0.333. The van der Waals surface area contributed by atoms with Gasteiger partial charge < -0.3 is 4.74 Å². The summed E-state index contributed by atoms with van der Waals surface area (Å²) in [7, 11) is 1.64. The van der Waals surface area contributed by atoms with Crippen molar-refractivity contribution in [2.24, 2.45) is 0 Å². The molecule has 0 saturated carbocycles. The monoisotopic (exact) mass is 473 g/mol. The van der Waals surface area contributed by atoms with Gasteiger partial charge in [0.25, 0.3) is 0 Å². The molecular weight excluding hydrogens is 449 g/mol. The zero-order valence-electron chi connectivity index (χ0n) is 19.2. The zero-order valence-corrected chi connectivity index (χ0v) is 19.2. The van der Waals surface area contributed by atoms with Crippen LogP contribution in [0.25, 0.3) is 16.6 Å².